The molecule has 0 fully saturated rings. The number of hydrogen-bond donors (Lipinski definition) is 2. The van der Waals surface area contributed by atoms with E-state index in [2.05, 4.69) is 15.9 Å². The van der Waals surface area contributed by atoms with E-state index in [9.17, 15) is 14.0 Å². The first-order valence-electron chi connectivity index (χ1n) is 3.39. The smallest absolute Gasteiger partial charge is 0.339 e. The summed E-state index contributed by atoms with van der Waals surface area (Å²) in [4.78, 5) is 21.0. The summed E-state index contributed by atoms with van der Waals surface area (Å²) < 4.78 is 13.3. The summed E-state index contributed by atoms with van der Waals surface area (Å²) in [6.07, 6.45) is 0. The molecule has 1 aromatic carbocycles. The lowest BCUT2D eigenvalue weighted by Gasteiger charge is -2.03. The number of carboxylic acids is 2. The minimum absolute atomic E-state index is 0.00694. The number of benzene rings is 1. The molecule has 0 unspecified atom stereocenters. The molecule has 2 N–H and O–H groups in total. The van der Waals surface area contributed by atoms with Crippen LogP contribution in [-0.4, -0.2) is 22.2 Å². The average molecular weight is 263 g/mol. The van der Waals surface area contributed by atoms with Crippen LogP contribution in [0.15, 0.2) is 16.6 Å². The second-order valence-corrected chi connectivity index (χ2v) is 3.25. The van der Waals surface area contributed by atoms with Crippen LogP contribution in [0.2, 0.25) is 0 Å². The van der Waals surface area contributed by atoms with E-state index in [1.165, 1.54) is 6.07 Å². The Bertz CT molecular complexity index is 416. The first kappa shape index (κ1) is 10.6. The highest BCUT2D eigenvalue weighted by atomic mass is 79.9. The SMILES string of the molecule is O=C(O)c1ccc(Br)c(C(=O)O)c1F. The first-order valence-corrected chi connectivity index (χ1v) is 4.19. The summed E-state index contributed by atoms with van der Waals surface area (Å²) in [7, 11) is 0. The van der Waals surface area contributed by atoms with Gasteiger partial charge in [-0.1, -0.05) is 0 Å². The third-order valence-corrected chi connectivity index (χ3v) is 2.20. The maximum atomic E-state index is 13.2. The fraction of sp³-hybridized carbons (Fsp3) is 0. The zero-order valence-corrected chi connectivity index (χ0v) is 8.21. The first-order chi connectivity index (χ1) is 6.45. The molecule has 0 atom stereocenters. The minimum atomic E-state index is -1.52. The molecule has 0 amide bonds. The van der Waals surface area contributed by atoms with Crippen molar-refractivity contribution in [2.24, 2.45) is 0 Å². The van der Waals surface area contributed by atoms with E-state index in [4.69, 9.17) is 10.2 Å². The van der Waals surface area contributed by atoms with Crippen molar-refractivity contribution >= 4 is 27.9 Å². The largest absolute Gasteiger partial charge is 0.478 e. The maximum Gasteiger partial charge on any atom is 0.339 e. The number of halogens is 2. The van der Waals surface area contributed by atoms with Crippen molar-refractivity contribution in [2.45, 2.75) is 0 Å². The van der Waals surface area contributed by atoms with E-state index < -0.39 is 28.9 Å². The number of carboxylic acid groups (broad SMARTS) is 2. The van der Waals surface area contributed by atoms with Crippen LogP contribution in [0.3, 0.4) is 0 Å². The van der Waals surface area contributed by atoms with Gasteiger partial charge in [-0.2, -0.15) is 0 Å². The van der Waals surface area contributed by atoms with Crippen molar-refractivity contribution in [3.8, 4) is 0 Å². The summed E-state index contributed by atoms with van der Waals surface area (Å²) in [6.45, 7) is 0. The topological polar surface area (TPSA) is 74.6 Å². The minimum Gasteiger partial charge on any atom is -0.478 e. The van der Waals surface area contributed by atoms with Crippen molar-refractivity contribution < 1.29 is 24.2 Å². The van der Waals surface area contributed by atoms with Crippen LogP contribution in [0.4, 0.5) is 4.39 Å². The summed E-state index contributed by atoms with van der Waals surface area (Å²) >= 11 is 2.82. The van der Waals surface area contributed by atoms with Crippen LogP contribution < -0.4 is 0 Å². The highest BCUT2D eigenvalue weighted by Crippen LogP contribution is 2.22. The molecular formula is C8H4BrFO4. The van der Waals surface area contributed by atoms with Crippen LogP contribution in [0.25, 0.3) is 0 Å². The van der Waals surface area contributed by atoms with Crippen molar-refractivity contribution in [3.05, 3.63) is 33.5 Å². The predicted octanol–water partition coefficient (Wildman–Crippen LogP) is 1.98. The van der Waals surface area contributed by atoms with Gasteiger partial charge in [-0.05, 0) is 28.1 Å². The molecule has 14 heavy (non-hydrogen) atoms. The van der Waals surface area contributed by atoms with Crippen LogP contribution in [0, 0.1) is 5.82 Å². The Morgan fingerprint density at radius 1 is 1.21 bits per heavy atom. The standard InChI is InChI=1S/C8H4BrFO4/c9-4-2-1-3(7(11)12)6(10)5(4)8(13)14/h1-2H,(H,11,12)(H,13,14). The Morgan fingerprint density at radius 2 is 1.79 bits per heavy atom. The third-order valence-electron chi connectivity index (χ3n) is 1.54. The maximum absolute atomic E-state index is 13.2. The lowest BCUT2D eigenvalue weighted by Crippen LogP contribution is -2.08. The molecule has 0 aliphatic rings. The van der Waals surface area contributed by atoms with E-state index in [1.807, 2.05) is 0 Å². The summed E-state index contributed by atoms with van der Waals surface area (Å²) in [6, 6.07) is 2.17. The molecule has 0 aliphatic carbocycles. The summed E-state index contributed by atoms with van der Waals surface area (Å²) in [5.74, 6) is -4.27. The molecule has 0 saturated carbocycles. The number of rotatable bonds is 2. The monoisotopic (exact) mass is 262 g/mol. The molecular weight excluding hydrogens is 259 g/mol. The molecule has 74 valence electrons. The Morgan fingerprint density at radius 3 is 2.21 bits per heavy atom. The molecule has 0 aliphatic heterocycles. The fourth-order valence-electron chi connectivity index (χ4n) is 0.914. The molecule has 1 aromatic rings. The van der Waals surface area contributed by atoms with Crippen LogP contribution in [0.5, 0.6) is 0 Å². The Hall–Kier alpha value is -1.43. The van der Waals surface area contributed by atoms with E-state index >= 15 is 0 Å². The highest BCUT2D eigenvalue weighted by Gasteiger charge is 2.21. The van der Waals surface area contributed by atoms with Gasteiger partial charge in [0.15, 0.2) is 5.82 Å². The van der Waals surface area contributed by atoms with Crippen molar-refractivity contribution in [2.75, 3.05) is 0 Å². The second-order valence-electron chi connectivity index (χ2n) is 2.39. The number of carbonyl (C=O) groups is 2. The van der Waals surface area contributed by atoms with Gasteiger partial charge in [-0.3, -0.25) is 0 Å². The summed E-state index contributed by atoms with van der Waals surface area (Å²) in [5.41, 5.74) is -1.34. The molecule has 0 aromatic heterocycles. The molecule has 0 bridgehead atoms. The van der Waals surface area contributed by atoms with Gasteiger partial charge in [0, 0.05) is 4.47 Å². The van der Waals surface area contributed by atoms with Crippen molar-refractivity contribution in [3.63, 3.8) is 0 Å². The number of aromatic carboxylic acids is 2. The zero-order valence-electron chi connectivity index (χ0n) is 6.62. The zero-order chi connectivity index (χ0) is 10.9. The molecule has 4 nitrogen and oxygen atoms in total. The van der Waals surface area contributed by atoms with Crippen LogP contribution in [-0.2, 0) is 0 Å². The Kier molecular flexibility index (Phi) is 2.85. The van der Waals surface area contributed by atoms with Gasteiger partial charge in [0.25, 0.3) is 0 Å². The summed E-state index contributed by atoms with van der Waals surface area (Å²) in [5, 5.41) is 17.1. The molecule has 0 heterocycles. The van der Waals surface area contributed by atoms with Gasteiger partial charge < -0.3 is 10.2 Å². The molecule has 0 saturated heterocycles. The van der Waals surface area contributed by atoms with Crippen molar-refractivity contribution in [1.82, 2.24) is 0 Å². The van der Waals surface area contributed by atoms with E-state index in [0.29, 0.717) is 0 Å². The predicted molar refractivity (Wildman–Crippen MR) is 48.0 cm³/mol. The van der Waals surface area contributed by atoms with E-state index in [-0.39, 0.29) is 4.47 Å². The van der Waals surface area contributed by atoms with Crippen LogP contribution in [0.1, 0.15) is 20.7 Å². The van der Waals surface area contributed by atoms with Gasteiger partial charge in [-0.15, -0.1) is 0 Å². The molecule has 0 radical (unpaired) electrons. The fourth-order valence-corrected chi connectivity index (χ4v) is 1.39. The molecule has 1 rings (SSSR count). The normalized spacial score (nSPS) is 9.86. The van der Waals surface area contributed by atoms with Gasteiger partial charge in [-0.25, -0.2) is 14.0 Å². The Balaban J connectivity index is 3.49. The average Bonchev–Trinajstić information content (AvgIpc) is 2.02. The lowest BCUT2D eigenvalue weighted by molar-refractivity contribution is 0.0687. The quantitative estimate of drug-likeness (QED) is 0.855. The van der Waals surface area contributed by atoms with E-state index in [1.54, 1.807) is 0 Å². The Labute approximate surface area is 86.1 Å². The second kappa shape index (κ2) is 3.75. The van der Waals surface area contributed by atoms with E-state index in [0.717, 1.165) is 6.07 Å². The third kappa shape index (κ3) is 1.74. The highest BCUT2D eigenvalue weighted by molar-refractivity contribution is 9.10. The van der Waals surface area contributed by atoms with Crippen molar-refractivity contribution in [1.29, 1.82) is 0 Å². The van der Waals surface area contributed by atoms with Gasteiger partial charge in [0.1, 0.15) is 5.56 Å². The lowest BCUT2D eigenvalue weighted by atomic mass is 10.1. The van der Waals surface area contributed by atoms with Gasteiger partial charge in [0.2, 0.25) is 0 Å². The van der Waals surface area contributed by atoms with Gasteiger partial charge >= 0.3 is 11.9 Å². The number of hydrogen-bond acceptors (Lipinski definition) is 2. The van der Waals surface area contributed by atoms with Crippen LogP contribution >= 0.6 is 15.9 Å². The molecule has 0 spiro atoms. The molecule has 6 heteroatoms. The van der Waals surface area contributed by atoms with Gasteiger partial charge in [0.05, 0.1) is 5.56 Å².